The largest absolute Gasteiger partial charge is 1.00 e. The maximum atomic E-state index is 11.1. The summed E-state index contributed by atoms with van der Waals surface area (Å²) in [6, 6.07) is 14.2. The second kappa shape index (κ2) is 16.6. The van der Waals surface area contributed by atoms with Gasteiger partial charge >= 0.3 is 29.6 Å². The van der Waals surface area contributed by atoms with E-state index in [9.17, 15) is 9.59 Å². The number of Topliss-reactive ketones (excluding diaryl/α,β-unsaturated/α-hetero) is 2. The normalized spacial score (nSPS) is 8.78. The van der Waals surface area contributed by atoms with Gasteiger partial charge in [0.1, 0.15) is 6.61 Å². The minimum Gasteiger partial charge on any atom is -0.550 e. The number of aliphatic hydroxyl groups is 1. The van der Waals surface area contributed by atoms with Gasteiger partial charge in [0.2, 0.25) is 0 Å². The molecule has 0 fully saturated rings. The number of hydrogen-bond acceptors (Lipinski definition) is 5. The average molecular weight is 575 g/mol. The molecule has 0 aliphatic heterocycles. The predicted octanol–water partition coefficient (Wildman–Crippen LogP) is 0.411. The van der Waals surface area contributed by atoms with E-state index in [0.717, 1.165) is 21.4 Å². The number of carboxylic acid groups (broad SMARTS) is 1. The van der Waals surface area contributed by atoms with E-state index in [-0.39, 0.29) is 41.1 Å². The second-order valence-corrected chi connectivity index (χ2v) is 7.04. The molecule has 0 saturated heterocycles. The van der Waals surface area contributed by atoms with Crippen LogP contribution in [0.4, 0.5) is 0 Å². The van der Waals surface area contributed by atoms with Crippen LogP contribution < -0.4 is 34.7 Å². The number of benzene rings is 2. The minimum atomic E-state index is -1.08. The van der Waals surface area contributed by atoms with Crippen LogP contribution in [0.1, 0.15) is 27.6 Å². The fraction of sp³-hybridized carbons (Fsp3) is 0.167. The van der Waals surface area contributed by atoms with Crippen LogP contribution in [-0.4, -0.2) is 34.6 Å². The summed E-state index contributed by atoms with van der Waals surface area (Å²) < 4.78 is 1.91. The summed E-state index contributed by atoms with van der Waals surface area (Å²) in [6.07, 6.45) is 0. The molecule has 0 spiro atoms. The van der Waals surface area contributed by atoms with Crippen molar-refractivity contribution in [2.45, 2.75) is 6.92 Å². The molecular weight excluding hydrogens is 559 g/mol. The molecule has 1 N–H and O–H groups in total. The molecule has 2 rings (SSSR count). The van der Waals surface area contributed by atoms with Crippen molar-refractivity contribution in [3.8, 4) is 0 Å². The number of halogens is 3. The van der Waals surface area contributed by atoms with Gasteiger partial charge in [-0.2, -0.15) is 0 Å². The molecule has 0 amide bonds. The molecule has 5 nitrogen and oxygen atoms in total. The first-order valence-electron chi connectivity index (χ1n) is 7.13. The van der Waals surface area contributed by atoms with Crippen LogP contribution in [0.3, 0.4) is 0 Å². The van der Waals surface area contributed by atoms with Gasteiger partial charge in [-0.05, 0) is 31.2 Å². The van der Waals surface area contributed by atoms with Crippen molar-refractivity contribution in [3.63, 3.8) is 0 Å². The van der Waals surface area contributed by atoms with Gasteiger partial charge in [0, 0.05) is 26.0 Å². The van der Waals surface area contributed by atoms with Crippen molar-refractivity contribution in [1.82, 2.24) is 0 Å². The number of carbonyl (C=O) groups is 3. The Kier molecular flexibility index (Phi) is 17.7. The van der Waals surface area contributed by atoms with Crippen molar-refractivity contribution < 1.29 is 54.2 Å². The molecule has 0 heterocycles. The molecule has 0 unspecified atom stereocenters. The van der Waals surface area contributed by atoms with Crippen LogP contribution in [0.15, 0.2) is 57.5 Å². The van der Waals surface area contributed by atoms with E-state index in [1.54, 1.807) is 36.4 Å². The van der Waals surface area contributed by atoms with Gasteiger partial charge in [0.25, 0.3) is 0 Å². The third-order valence-corrected chi connectivity index (χ3v) is 4.16. The topological polar surface area (TPSA) is 94.5 Å². The number of carbonyl (C=O) groups excluding carboxylic acids is 3. The number of aliphatic carboxylic acids is 1. The molecule has 0 aromatic heterocycles. The molecule has 27 heavy (non-hydrogen) atoms. The van der Waals surface area contributed by atoms with Crippen molar-refractivity contribution >= 4 is 65.3 Å². The number of rotatable bonds is 4. The standard InChI is InChI=1S/C8H6Br2O.C8H7BrO2.C2H4O2.Na/c9-5-8(11)6-1-3-7(10)4-2-6;9-7-3-1-6(2-4-7)8(11)5-10;1-2(3)4;/h1-4H,5H2;1-4,10H,5H2;1H3,(H,3,4);/q;;;+1/p-1. The fourth-order valence-electron chi connectivity index (χ4n) is 1.44. The summed E-state index contributed by atoms with van der Waals surface area (Å²) >= 11 is 9.64. The summed E-state index contributed by atoms with van der Waals surface area (Å²) in [5.41, 5.74) is 1.28. The summed E-state index contributed by atoms with van der Waals surface area (Å²) in [6.45, 7) is 0.543. The van der Waals surface area contributed by atoms with Crippen LogP contribution in [0.2, 0.25) is 0 Å². The molecule has 0 radical (unpaired) electrons. The Hall–Kier alpha value is -0.350. The molecule has 2 aromatic carbocycles. The van der Waals surface area contributed by atoms with Crippen molar-refractivity contribution in [3.05, 3.63) is 68.6 Å². The molecular formula is C18H16Br3NaO5. The average Bonchev–Trinajstić information content (AvgIpc) is 2.61. The Bertz CT molecular complexity index is 657. The van der Waals surface area contributed by atoms with Gasteiger partial charge in [-0.25, -0.2) is 0 Å². The number of aliphatic hydroxyl groups excluding tert-OH is 1. The summed E-state index contributed by atoms with van der Waals surface area (Å²) in [4.78, 5) is 30.8. The first-order chi connectivity index (χ1) is 12.2. The fourth-order valence-corrected chi connectivity index (χ4v) is 2.29. The van der Waals surface area contributed by atoms with E-state index in [4.69, 9.17) is 15.0 Å². The van der Waals surface area contributed by atoms with Gasteiger partial charge in [-0.15, -0.1) is 0 Å². The van der Waals surface area contributed by atoms with Gasteiger partial charge < -0.3 is 15.0 Å². The quantitative estimate of drug-likeness (QED) is 0.324. The van der Waals surface area contributed by atoms with Gasteiger partial charge in [-0.3, -0.25) is 9.59 Å². The van der Waals surface area contributed by atoms with Crippen molar-refractivity contribution in [2.24, 2.45) is 0 Å². The van der Waals surface area contributed by atoms with E-state index in [1.165, 1.54) is 0 Å². The second-order valence-electron chi connectivity index (χ2n) is 4.64. The third-order valence-electron chi connectivity index (χ3n) is 2.60. The first kappa shape index (κ1) is 28.9. The van der Waals surface area contributed by atoms with Gasteiger partial charge in [0.05, 0.1) is 5.33 Å². The SMILES string of the molecule is CC(=O)[O-].O=C(CBr)c1ccc(Br)cc1.O=C(CO)c1ccc(Br)cc1.[Na+]. The predicted molar refractivity (Wildman–Crippen MR) is 109 cm³/mol. The third kappa shape index (κ3) is 14.3. The molecule has 0 bridgehead atoms. The molecule has 140 valence electrons. The molecule has 0 atom stereocenters. The van der Waals surface area contributed by atoms with Crippen LogP contribution in [0.25, 0.3) is 0 Å². The summed E-state index contributed by atoms with van der Waals surface area (Å²) in [5.74, 6) is -1.23. The molecule has 9 heteroatoms. The summed E-state index contributed by atoms with van der Waals surface area (Å²) in [7, 11) is 0. The Morgan fingerprint density at radius 3 is 1.41 bits per heavy atom. The van der Waals surface area contributed by atoms with E-state index in [0.29, 0.717) is 10.9 Å². The Morgan fingerprint density at radius 1 is 0.852 bits per heavy atom. The number of carboxylic acids is 1. The summed E-state index contributed by atoms with van der Waals surface area (Å²) in [5, 5.41) is 17.8. The Balaban J connectivity index is 0. The monoisotopic (exact) mass is 572 g/mol. The first-order valence-corrected chi connectivity index (χ1v) is 9.84. The smallest absolute Gasteiger partial charge is 0.550 e. The van der Waals surface area contributed by atoms with E-state index >= 15 is 0 Å². The zero-order chi connectivity index (χ0) is 20.1. The molecule has 0 aliphatic rings. The van der Waals surface area contributed by atoms with Crippen LogP contribution >= 0.6 is 47.8 Å². The maximum absolute atomic E-state index is 11.1. The van der Waals surface area contributed by atoms with Crippen molar-refractivity contribution in [2.75, 3.05) is 11.9 Å². The van der Waals surface area contributed by atoms with Crippen LogP contribution in [0, 0.1) is 0 Å². The maximum Gasteiger partial charge on any atom is 1.00 e. The number of hydrogen-bond donors (Lipinski definition) is 1. The molecule has 0 aliphatic carbocycles. The zero-order valence-electron chi connectivity index (χ0n) is 14.7. The van der Waals surface area contributed by atoms with E-state index < -0.39 is 12.6 Å². The van der Waals surface area contributed by atoms with E-state index in [2.05, 4.69) is 47.8 Å². The molecule has 0 saturated carbocycles. The Labute approximate surface area is 205 Å². The van der Waals surface area contributed by atoms with E-state index in [1.807, 2.05) is 12.1 Å². The van der Waals surface area contributed by atoms with Gasteiger partial charge in [0.15, 0.2) is 11.6 Å². The van der Waals surface area contributed by atoms with Gasteiger partial charge in [-0.1, -0.05) is 72.1 Å². The number of alkyl halides is 1. The molecule has 2 aromatic rings. The van der Waals surface area contributed by atoms with Crippen LogP contribution in [0.5, 0.6) is 0 Å². The van der Waals surface area contributed by atoms with Crippen molar-refractivity contribution in [1.29, 1.82) is 0 Å². The van der Waals surface area contributed by atoms with Crippen LogP contribution in [-0.2, 0) is 4.79 Å². The minimum absolute atomic E-state index is 0. The Morgan fingerprint density at radius 2 is 1.15 bits per heavy atom. The number of ketones is 2. The zero-order valence-corrected chi connectivity index (χ0v) is 21.5.